The first kappa shape index (κ1) is 20.2. The summed E-state index contributed by atoms with van der Waals surface area (Å²) in [5.74, 6) is 2.87. The minimum atomic E-state index is 0.480. The van der Waals surface area contributed by atoms with E-state index in [1.165, 1.54) is 11.1 Å². The summed E-state index contributed by atoms with van der Waals surface area (Å²) in [5.41, 5.74) is 11.5. The minimum Gasteiger partial charge on any atom is -0.489 e. The maximum absolute atomic E-state index is 6.34. The second-order valence-corrected chi connectivity index (χ2v) is 8.37. The number of aryl methyl sites for hydroxylation is 2. The van der Waals surface area contributed by atoms with Gasteiger partial charge in [0, 0.05) is 24.4 Å². The molecule has 0 amide bonds. The molecule has 2 N–H and O–H groups in total. The van der Waals surface area contributed by atoms with Crippen molar-refractivity contribution in [1.82, 2.24) is 14.5 Å². The van der Waals surface area contributed by atoms with Crippen LogP contribution in [0.3, 0.4) is 0 Å². The Kier molecular flexibility index (Phi) is 5.62. The lowest BCUT2D eigenvalue weighted by Crippen LogP contribution is -2.09. The molecule has 2 heterocycles. The fourth-order valence-corrected chi connectivity index (χ4v) is 3.94. The topological polar surface area (TPSA) is 66.0 Å². The lowest BCUT2D eigenvalue weighted by Gasteiger charge is -2.13. The Morgan fingerprint density at radius 3 is 2.63 bits per heavy atom. The maximum atomic E-state index is 6.34. The number of pyridine rings is 1. The van der Waals surface area contributed by atoms with E-state index < -0.39 is 0 Å². The Balaban J connectivity index is 1.77. The normalized spacial score (nSPS) is 11.6. The molecule has 5 nitrogen and oxygen atoms in total. The molecule has 0 saturated carbocycles. The lowest BCUT2D eigenvalue weighted by atomic mass is 10.1. The van der Waals surface area contributed by atoms with Crippen LogP contribution in [0, 0.1) is 12.8 Å². The van der Waals surface area contributed by atoms with E-state index in [0.717, 1.165) is 52.9 Å². The highest BCUT2D eigenvalue weighted by Gasteiger charge is 2.18. The van der Waals surface area contributed by atoms with Crippen molar-refractivity contribution in [2.75, 3.05) is 5.73 Å². The zero-order valence-corrected chi connectivity index (χ0v) is 18.3. The number of benzene rings is 2. The standard InChI is InChI=1S/C25H30N4O/c1-5-8-22-28-23-24(29(22)14-16(2)3)20-12-11-19(13-21(20)27-25(23)26)30-15-18-10-7-6-9-17(18)4/h6-7,9-13,16H,5,8,14-15H2,1-4H3,(H2,26,27). The molecule has 5 heteroatoms. The van der Waals surface area contributed by atoms with Gasteiger partial charge in [0.1, 0.15) is 23.7 Å². The number of fused-ring (bicyclic) bond motifs is 3. The molecule has 0 aliphatic rings. The second-order valence-electron chi connectivity index (χ2n) is 8.37. The van der Waals surface area contributed by atoms with E-state index in [-0.39, 0.29) is 0 Å². The highest BCUT2D eigenvalue weighted by molar-refractivity contribution is 6.06. The summed E-state index contributed by atoms with van der Waals surface area (Å²) in [5, 5.41) is 1.07. The van der Waals surface area contributed by atoms with Crippen molar-refractivity contribution in [2.45, 2.75) is 53.7 Å². The van der Waals surface area contributed by atoms with Crippen molar-refractivity contribution in [3.05, 3.63) is 59.4 Å². The van der Waals surface area contributed by atoms with E-state index in [2.05, 4.69) is 55.4 Å². The van der Waals surface area contributed by atoms with Crippen molar-refractivity contribution < 1.29 is 4.74 Å². The monoisotopic (exact) mass is 402 g/mol. The third-order valence-electron chi connectivity index (χ3n) is 5.43. The zero-order chi connectivity index (χ0) is 21.3. The summed E-state index contributed by atoms with van der Waals surface area (Å²) >= 11 is 0. The lowest BCUT2D eigenvalue weighted by molar-refractivity contribution is 0.306. The molecule has 4 aromatic rings. The first-order valence-electron chi connectivity index (χ1n) is 10.7. The molecule has 2 aromatic carbocycles. The summed E-state index contributed by atoms with van der Waals surface area (Å²) in [7, 11) is 0. The van der Waals surface area contributed by atoms with Gasteiger partial charge in [-0.05, 0) is 42.5 Å². The highest BCUT2D eigenvalue weighted by Crippen LogP contribution is 2.32. The SMILES string of the molecule is CCCc1nc2c(N)nc3cc(OCc4ccccc4C)ccc3c2n1CC(C)C. The van der Waals surface area contributed by atoms with Crippen LogP contribution in [0.1, 0.15) is 44.1 Å². The summed E-state index contributed by atoms with van der Waals surface area (Å²) in [6.07, 6.45) is 1.98. The number of nitrogens with two attached hydrogens (primary N) is 1. The molecule has 0 fully saturated rings. The van der Waals surface area contributed by atoms with Gasteiger partial charge in [-0.3, -0.25) is 0 Å². The van der Waals surface area contributed by atoms with Crippen LogP contribution in [-0.4, -0.2) is 14.5 Å². The van der Waals surface area contributed by atoms with Crippen LogP contribution < -0.4 is 10.5 Å². The number of hydrogen-bond acceptors (Lipinski definition) is 4. The highest BCUT2D eigenvalue weighted by atomic mass is 16.5. The van der Waals surface area contributed by atoms with Gasteiger partial charge in [0.05, 0.1) is 11.0 Å². The average molecular weight is 403 g/mol. The van der Waals surface area contributed by atoms with Gasteiger partial charge in [-0.1, -0.05) is 45.0 Å². The van der Waals surface area contributed by atoms with Gasteiger partial charge in [-0.2, -0.15) is 0 Å². The molecule has 0 saturated heterocycles. The molecule has 4 rings (SSSR count). The number of imidazole rings is 1. The van der Waals surface area contributed by atoms with E-state index in [0.29, 0.717) is 18.3 Å². The molecule has 156 valence electrons. The number of ether oxygens (including phenoxy) is 1. The predicted octanol–water partition coefficient (Wildman–Crippen LogP) is 5.66. The minimum absolute atomic E-state index is 0.480. The number of rotatable bonds is 7. The van der Waals surface area contributed by atoms with Crippen LogP contribution >= 0.6 is 0 Å². The van der Waals surface area contributed by atoms with Gasteiger partial charge in [0.25, 0.3) is 0 Å². The van der Waals surface area contributed by atoms with Crippen LogP contribution in [0.25, 0.3) is 21.9 Å². The molecular weight excluding hydrogens is 372 g/mol. The van der Waals surface area contributed by atoms with E-state index in [9.17, 15) is 0 Å². The molecule has 0 aliphatic heterocycles. The summed E-state index contributed by atoms with van der Waals surface area (Å²) < 4.78 is 8.40. The molecule has 0 bridgehead atoms. The van der Waals surface area contributed by atoms with Gasteiger partial charge >= 0.3 is 0 Å². The first-order valence-corrected chi connectivity index (χ1v) is 10.7. The van der Waals surface area contributed by atoms with Crippen LogP contribution in [-0.2, 0) is 19.6 Å². The third-order valence-corrected chi connectivity index (χ3v) is 5.43. The summed E-state index contributed by atoms with van der Waals surface area (Å²) in [6, 6.07) is 14.4. The predicted molar refractivity (Wildman–Crippen MR) is 124 cm³/mol. The van der Waals surface area contributed by atoms with E-state index in [4.69, 9.17) is 15.5 Å². The molecule has 30 heavy (non-hydrogen) atoms. The Bertz CT molecular complexity index is 1190. The molecule has 2 aromatic heterocycles. The Morgan fingerprint density at radius 1 is 1.10 bits per heavy atom. The van der Waals surface area contributed by atoms with Crippen molar-refractivity contribution in [3.63, 3.8) is 0 Å². The van der Waals surface area contributed by atoms with Gasteiger partial charge in [0.15, 0.2) is 5.82 Å². The number of hydrogen-bond donors (Lipinski definition) is 1. The number of nitrogen functional groups attached to an aromatic ring is 1. The zero-order valence-electron chi connectivity index (χ0n) is 18.3. The van der Waals surface area contributed by atoms with Gasteiger partial charge in [-0.15, -0.1) is 0 Å². The molecule has 0 aliphatic carbocycles. The van der Waals surface area contributed by atoms with E-state index >= 15 is 0 Å². The van der Waals surface area contributed by atoms with Crippen molar-refractivity contribution in [1.29, 1.82) is 0 Å². The largest absolute Gasteiger partial charge is 0.489 e. The molecule has 0 atom stereocenters. The first-order chi connectivity index (χ1) is 14.5. The Labute approximate surface area is 177 Å². The Hall–Kier alpha value is -3.08. The Morgan fingerprint density at radius 2 is 1.90 bits per heavy atom. The molecule has 0 unspecified atom stereocenters. The number of aromatic nitrogens is 3. The fourth-order valence-electron chi connectivity index (χ4n) is 3.94. The van der Waals surface area contributed by atoms with Crippen LogP contribution in [0.15, 0.2) is 42.5 Å². The quantitative estimate of drug-likeness (QED) is 0.433. The van der Waals surface area contributed by atoms with Gasteiger partial charge in [0.2, 0.25) is 0 Å². The number of anilines is 1. The van der Waals surface area contributed by atoms with E-state index in [1.54, 1.807) is 0 Å². The molecule has 0 spiro atoms. The van der Waals surface area contributed by atoms with E-state index in [1.807, 2.05) is 24.3 Å². The van der Waals surface area contributed by atoms with Crippen LogP contribution in [0.2, 0.25) is 0 Å². The number of nitrogens with zero attached hydrogens (tertiary/aromatic N) is 3. The van der Waals surface area contributed by atoms with Crippen molar-refractivity contribution >= 4 is 27.8 Å². The maximum Gasteiger partial charge on any atom is 0.152 e. The fraction of sp³-hybridized carbons (Fsp3) is 0.360. The summed E-state index contributed by atoms with van der Waals surface area (Å²) in [6.45, 7) is 10.2. The average Bonchev–Trinajstić information content (AvgIpc) is 3.06. The third kappa shape index (κ3) is 3.84. The second kappa shape index (κ2) is 8.34. The molecule has 0 radical (unpaired) electrons. The smallest absolute Gasteiger partial charge is 0.152 e. The molecular formula is C25H30N4O. The van der Waals surface area contributed by atoms with Crippen LogP contribution in [0.5, 0.6) is 5.75 Å². The van der Waals surface area contributed by atoms with Gasteiger partial charge < -0.3 is 15.0 Å². The van der Waals surface area contributed by atoms with Crippen LogP contribution in [0.4, 0.5) is 5.82 Å². The summed E-state index contributed by atoms with van der Waals surface area (Å²) in [4.78, 5) is 9.51. The van der Waals surface area contributed by atoms with Gasteiger partial charge in [-0.25, -0.2) is 9.97 Å². The van der Waals surface area contributed by atoms with Crippen molar-refractivity contribution in [3.8, 4) is 5.75 Å². The van der Waals surface area contributed by atoms with Crippen molar-refractivity contribution in [2.24, 2.45) is 5.92 Å².